The number of thiazole rings is 1. The van der Waals surface area contributed by atoms with Crippen molar-refractivity contribution in [2.45, 2.75) is 71.9 Å². The fourth-order valence-electron chi connectivity index (χ4n) is 2.59. The predicted octanol–water partition coefficient (Wildman–Crippen LogP) is 4.11. The Labute approximate surface area is 115 Å². The minimum atomic E-state index is 0.179. The molecule has 0 bridgehead atoms. The lowest BCUT2D eigenvalue weighted by atomic mass is 9.92. The molecule has 0 saturated heterocycles. The third-order valence-corrected chi connectivity index (χ3v) is 5.15. The molecule has 1 aromatic heterocycles. The first-order valence-electron chi connectivity index (χ1n) is 6.95. The number of nitrogens with zero attached hydrogens (tertiary/aromatic N) is 1. The molecule has 0 aromatic carbocycles. The van der Waals surface area contributed by atoms with E-state index in [9.17, 15) is 0 Å². The molecule has 1 heterocycles. The second-order valence-electron chi connectivity index (χ2n) is 7.37. The third kappa shape index (κ3) is 3.55. The zero-order chi connectivity index (χ0) is 13.4. The lowest BCUT2D eigenvalue weighted by molar-refractivity contribution is 0.364. The van der Waals surface area contributed by atoms with E-state index < -0.39 is 0 Å². The second kappa shape index (κ2) is 4.93. The van der Waals surface area contributed by atoms with Gasteiger partial charge in [-0.2, -0.15) is 0 Å². The van der Waals surface area contributed by atoms with Gasteiger partial charge in [0.1, 0.15) is 0 Å². The molecular formula is C15H26N2S. The Morgan fingerprint density at radius 1 is 1.44 bits per heavy atom. The Kier molecular flexibility index (Phi) is 3.84. The quantitative estimate of drug-likeness (QED) is 0.890. The molecule has 0 spiro atoms. The van der Waals surface area contributed by atoms with E-state index in [0.29, 0.717) is 11.5 Å². The van der Waals surface area contributed by atoms with Gasteiger partial charge in [-0.25, -0.2) is 4.98 Å². The van der Waals surface area contributed by atoms with Gasteiger partial charge in [0, 0.05) is 29.1 Å². The average molecular weight is 266 g/mol. The Bertz CT molecular complexity index is 401. The molecule has 1 aliphatic rings. The van der Waals surface area contributed by atoms with Gasteiger partial charge in [-0.15, -0.1) is 11.3 Å². The molecule has 0 radical (unpaired) electrons. The number of hydrogen-bond acceptors (Lipinski definition) is 3. The van der Waals surface area contributed by atoms with Crippen LogP contribution in [0.25, 0.3) is 0 Å². The number of hydrogen-bond donors (Lipinski definition) is 1. The molecule has 1 unspecified atom stereocenters. The largest absolute Gasteiger partial charge is 0.309 e. The number of aromatic nitrogens is 1. The van der Waals surface area contributed by atoms with Crippen LogP contribution >= 0.6 is 11.3 Å². The van der Waals surface area contributed by atoms with E-state index in [4.69, 9.17) is 0 Å². The van der Waals surface area contributed by atoms with Crippen molar-refractivity contribution in [3.63, 3.8) is 0 Å². The number of nitrogens with one attached hydrogen (secondary N) is 1. The third-order valence-electron chi connectivity index (χ3n) is 3.73. The van der Waals surface area contributed by atoms with Crippen LogP contribution in [0.4, 0.5) is 0 Å². The van der Waals surface area contributed by atoms with Crippen molar-refractivity contribution in [2.24, 2.45) is 5.41 Å². The van der Waals surface area contributed by atoms with E-state index in [2.05, 4.69) is 44.9 Å². The average Bonchev–Trinajstić information content (AvgIpc) is 2.80. The molecular weight excluding hydrogens is 240 g/mol. The molecule has 18 heavy (non-hydrogen) atoms. The summed E-state index contributed by atoms with van der Waals surface area (Å²) in [7, 11) is 0. The molecule has 1 aliphatic carbocycles. The molecule has 0 aliphatic heterocycles. The topological polar surface area (TPSA) is 24.9 Å². The highest BCUT2D eigenvalue weighted by atomic mass is 32.1. The molecule has 0 amide bonds. The van der Waals surface area contributed by atoms with Crippen molar-refractivity contribution in [1.82, 2.24) is 10.3 Å². The minimum Gasteiger partial charge on any atom is -0.309 e. The molecule has 2 rings (SSSR count). The summed E-state index contributed by atoms with van der Waals surface area (Å²) in [6, 6.07) is 0.695. The first-order chi connectivity index (χ1) is 8.26. The minimum absolute atomic E-state index is 0.179. The summed E-state index contributed by atoms with van der Waals surface area (Å²) in [5.74, 6) is 0. The molecule has 1 saturated carbocycles. The Hall–Kier alpha value is -0.410. The van der Waals surface area contributed by atoms with Gasteiger partial charge in [-0.3, -0.25) is 0 Å². The van der Waals surface area contributed by atoms with E-state index in [1.54, 1.807) is 0 Å². The van der Waals surface area contributed by atoms with Crippen molar-refractivity contribution in [2.75, 3.05) is 0 Å². The van der Waals surface area contributed by atoms with Gasteiger partial charge >= 0.3 is 0 Å². The fraction of sp³-hybridized carbons (Fsp3) is 0.800. The van der Waals surface area contributed by atoms with E-state index in [-0.39, 0.29) is 5.41 Å². The van der Waals surface area contributed by atoms with Crippen molar-refractivity contribution in [3.8, 4) is 0 Å². The van der Waals surface area contributed by atoms with Crippen molar-refractivity contribution in [3.05, 3.63) is 16.1 Å². The van der Waals surface area contributed by atoms with Crippen LogP contribution in [0.1, 0.15) is 63.8 Å². The maximum absolute atomic E-state index is 4.54. The highest BCUT2D eigenvalue weighted by Crippen LogP contribution is 2.37. The number of rotatable bonds is 3. The molecule has 1 N–H and O–H groups in total. The summed E-state index contributed by atoms with van der Waals surface area (Å²) in [4.78, 5) is 5.91. The van der Waals surface area contributed by atoms with Gasteiger partial charge in [0.2, 0.25) is 0 Å². The smallest absolute Gasteiger partial charge is 0.0981 e. The summed E-state index contributed by atoms with van der Waals surface area (Å²) >= 11 is 1.85. The Morgan fingerprint density at radius 3 is 2.67 bits per heavy atom. The van der Waals surface area contributed by atoms with Crippen molar-refractivity contribution < 1.29 is 0 Å². The van der Waals surface area contributed by atoms with Gasteiger partial charge in [0.05, 0.1) is 5.01 Å². The maximum atomic E-state index is 4.54. The van der Waals surface area contributed by atoms with E-state index in [0.717, 1.165) is 6.54 Å². The standard InChI is InChI=1S/C15H26N2S/c1-14(2,3)13-17-10-12(18-13)9-16-11-6-7-15(4,5)8-11/h10-11,16H,6-9H2,1-5H3. The highest BCUT2D eigenvalue weighted by molar-refractivity contribution is 7.11. The Morgan fingerprint density at radius 2 is 2.17 bits per heavy atom. The van der Waals surface area contributed by atoms with Gasteiger partial charge in [0.25, 0.3) is 0 Å². The van der Waals surface area contributed by atoms with Gasteiger partial charge in [-0.05, 0) is 24.7 Å². The van der Waals surface area contributed by atoms with Crippen molar-refractivity contribution >= 4 is 11.3 Å². The lowest BCUT2D eigenvalue weighted by Crippen LogP contribution is -2.26. The molecule has 1 aromatic rings. The second-order valence-corrected chi connectivity index (χ2v) is 8.48. The monoisotopic (exact) mass is 266 g/mol. The van der Waals surface area contributed by atoms with Crippen LogP contribution in [0, 0.1) is 5.41 Å². The Balaban J connectivity index is 1.86. The maximum Gasteiger partial charge on any atom is 0.0981 e. The van der Waals surface area contributed by atoms with Crippen LogP contribution in [0.15, 0.2) is 6.20 Å². The summed E-state index contributed by atoms with van der Waals surface area (Å²) < 4.78 is 0. The van der Waals surface area contributed by atoms with Gasteiger partial charge in [-0.1, -0.05) is 34.6 Å². The van der Waals surface area contributed by atoms with Crippen LogP contribution < -0.4 is 5.32 Å². The fourth-order valence-corrected chi connectivity index (χ4v) is 3.51. The summed E-state index contributed by atoms with van der Waals surface area (Å²) in [5, 5.41) is 4.93. The predicted molar refractivity (Wildman–Crippen MR) is 79.1 cm³/mol. The van der Waals surface area contributed by atoms with Crippen LogP contribution in [0.3, 0.4) is 0 Å². The summed E-state index contributed by atoms with van der Waals surface area (Å²) in [5.41, 5.74) is 0.709. The SMILES string of the molecule is CC1(C)CCC(NCc2cnc(C(C)(C)C)s2)C1. The molecule has 2 nitrogen and oxygen atoms in total. The zero-order valence-corrected chi connectivity index (χ0v) is 13.2. The first-order valence-corrected chi connectivity index (χ1v) is 7.76. The van der Waals surface area contributed by atoms with Crippen LogP contribution in [0.5, 0.6) is 0 Å². The van der Waals surface area contributed by atoms with Crippen LogP contribution in [-0.4, -0.2) is 11.0 Å². The van der Waals surface area contributed by atoms with E-state index in [1.165, 1.54) is 29.1 Å². The van der Waals surface area contributed by atoms with Crippen molar-refractivity contribution in [1.29, 1.82) is 0 Å². The van der Waals surface area contributed by atoms with E-state index >= 15 is 0 Å². The first kappa shape index (κ1) is 14.0. The summed E-state index contributed by atoms with van der Waals surface area (Å²) in [6.45, 7) is 12.4. The van der Waals surface area contributed by atoms with E-state index in [1.807, 2.05) is 17.5 Å². The molecule has 1 atom stereocenters. The van der Waals surface area contributed by atoms with Crippen LogP contribution in [-0.2, 0) is 12.0 Å². The van der Waals surface area contributed by atoms with Gasteiger partial charge < -0.3 is 5.32 Å². The molecule has 102 valence electrons. The molecule has 1 fully saturated rings. The summed E-state index contributed by atoms with van der Waals surface area (Å²) in [6.07, 6.45) is 6.01. The normalized spacial score (nSPS) is 23.5. The highest BCUT2D eigenvalue weighted by Gasteiger charge is 2.30. The zero-order valence-electron chi connectivity index (χ0n) is 12.3. The van der Waals surface area contributed by atoms with Crippen LogP contribution in [0.2, 0.25) is 0 Å². The lowest BCUT2D eigenvalue weighted by Gasteiger charge is -2.17. The van der Waals surface area contributed by atoms with Gasteiger partial charge in [0.15, 0.2) is 0 Å². The molecule has 3 heteroatoms.